The van der Waals surface area contributed by atoms with Gasteiger partial charge in [0.1, 0.15) is 0 Å². The third-order valence-electron chi connectivity index (χ3n) is 5.20. The van der Waals surface area contributed by atoms with Gasteiger partial charge in [-0.15, -0.1) is 0 Å². The van der Waals surface area contributed by atoms with Crippen molar-refractivity contribution in [2.75, 3.05) is 27.7 Å². The van der Waals surface area contributed by atoms with Gasteiger partial charge in [0, 0.05) is 48.9 Å². The molecule has 9 nitrogen and oxygen atoms in total. The van der Waals surface area contributed by atoms with Gasteiger partial charge < -0.3 is 30.3 Å². The number of carboxylic acids is 2. The number of hydrogen-bond donors (Lipinski definition) is 4. The van der Waals surface area contributed by atoms with Crippen LogP contribution in [0.1, 0.15) is 24.1 Å². The van der Waals surface area contributed by atoms with Crippen LogP contribution in [0.5, 0.6) is 0 Å². The molecule has 0 bridgehead atoms. The minimum atomic E-state index is -1.26. The summed E-state index contributed by atoms with van der Waals surface area (Å²) in [5.74, 6) is -2.51. The number of aromatic nitrogens is 1. The van der Waals surface area contributed by atoms with Crippen molar-refractivity contribution in [1.82, 2.24) is 20.1 Å². The highest BCUT2D eigenvalue weighted by atomic mass is 16.4. The first kappa shape index (κ1) is 23.0. The van der Waals surface area contributed by atoms with Crippen molar-refractivity contribution in [2.45, 2.75) is 25.4 Å². The standard InChI is InChI=1S/C17H24N4O.C4H4O4/c1-11(20(2)3)15-10-18-16-6-5-12(8-14(15)16)7-13-9-19-17(22)21(13)4;5-3(6)1-2-4(7)8/h5-6,8,10-11,13,18H,7,9H2,1-4H3,(H,19,22);1-2H,(H,5,6)(H,7,8)/b;2-1-. The molecule has 1 aliphatic rings. The zero-order chi connectivity index (χ0) is 22.4. The molecule has 9 heteroatoms. The number of urea groups is 1. The first-order valence-electron chi connectivity index (χ1n) is 9.51. The zero-order valence-corrected chi connectivity index (χ0v) is 17.5. The smallest absolute Gasteiger partial charge is 0.328 e. The molecule has 0 saturated carbocycles. The molecular formula is C21H28N4O5. The van der Waals surface area contributed by atoms with Gasteiger partial charge in [-0.25, -0.2) is 14.4 Å². The van der Waals surface area contributed by atoms with Gasteiger partial charge in [0.15, 0.2) is 0 Å². The molecule has 2 aromatic rings. The van der Waals surface area contributed by atoms with Gasteiger partial charge >= 0.3 is 18.0 Å². The number of rotatable bonds is 6. The van der Waals surface area contributed by atoms with Crippen molar-refractivity contribution in [3.05, 3.63) is 47.7 Å². The van der Waals surface area contributed by atoms with E-state index in [0.29, 0.717) is 18.2 Å². The van der Waals surface area contributed by atoms with E-state index < -0.39 is 11.9 Å². The second kappa shape index (κ2) is 9.93. The normalized spacial score (nSPS) is 17.2. The highest BCUT2D eigenvalue weighted by Gasteiger charge is 2.27. The zero-order valence-electron chi connectivity index (χ0n) is 17.5. The summed E-state index contributed by atoms with van der Waals surface area (Å²) >= 11 is 0. The SMILES string of the molecule is CC(c1c[nH]c2ccc(CC3CNC(=O)N3C)cc12)N(C)C.O=C(O)/C=C\C(=O)O. The van der Waals surface area contributed by atoms with Gasteiger partial charge in [-0.05, 0) is 50.7 Å². The summed E-state index contributed by atoms with van der Waals surface area (Å²) in [5.41, 5.74) is 3.75. The van der Waals surface area contributed by atoms with Crippen LogP contribution in [-0.2, 0) is 16.0 Å². The number of benzene rings is 1. The molecule has 0 radical (unpaired) electrons. The predicted molar refractivity (Wildman–Crippen MR) is 113 cm³/mol. The molecule has 2 atom stereocenters. The topological polar surface area (TPSA) is 126 Å². The Bertz CT molecular complexity index is 934. The lowest BCUT2D eigenvalue weighted by Crippen LogP contribution is -2.31. The van der Waals surface area contributed by atoms with Crippen LogP contribution in [0.15, 0.2) is 36.5 Å². The van der Waals surface area contributed by atoms with Gasteiger partial charge in [0.2, 0.25) is 0 Å². The lowest BCUT2D eigenvalue weighted by molar-refractivity contribution is -0.134. The molecule has 2 unspecified atom stereocenters. The van der Waals surface area contributed by atoms with Crippen molar-refractivity contribution in [1.29, 1.82) is 0 Å². The molecule has 1 aliphatic heterocycles. The van der Waals surface area contributed by atoms with Crippen molar-refractivity contribution in [3.8, 4) is 0 Å². The minimum Gasteiger partial charge on any atom is -0.478 e. The summed E-state index contributed by atoms with van der Waals surface area (Å²) in [4.78, 5) is 38.0. The molecule has 1 saturated heterocycles. The molecular weight excluding hydrogens is 388 g/mol. The van der Waals surface area contributed by atoms with Crippen LogP contribution < -0.4 is 5.32 Å². The van der Waals surface area contributed by atoms with Gasteiger partial charge in [-0.3, -0.25) is 0 Å². The molecule has 2 amide bonds. The number of carbonyl (C=O) groups excluding carboxylic acids is 1. The van der Waals surface area contributed by atoms with Gasteiger partial charge in [-0.1, -0.05) is 6.07 Å². The highest BCUT2D eigenvalue weighted by Crippen LogP contribution is 2.28. The number of hydrogen-bond acceptors (Lipinski definition) is 4. The Morgan fingerprint density at radius 3 is 2.40 bits per heavy atom. The van der Waals surface area contributed by atoms with Crippen molar-refractivity contribution in [2.24, 2.45) is 0 Å². The number of nitrogens with one attached hydrogen (secondary N) is 2. The minimum absolute atomic E-state index is 0.0228. The molecule has 1 aromatic heterocycles. The number of amides is 2. The largest absolute Gasteiger partial charge is 0.478 e. The summed E-state index contributed by atoms with van der Waals surface area (Å²) in [6.45, 7) is 2.93. The third-order valence-corrected chi connectivity index (χ3v) is 5.20. The first-order chi connectivity index (χ1) is 14.1. The second-order valence-corrected chi connectivity index (χ2v) is 7.43. The maximum Gasteiger partial charge on any atom is 0.328 e. The maximum atomic E-state index is 11.6. The van der Waals surface area contributed by atoms with E-state index in [1.54, 1.807) is 4.90 Å². The Morgan fingerprint density at radius 1 is 1.27 bits per heavy atom. The summed E-state index contributed by atoms with van der Waals surface area (Å²) in [6, 6.07) is 7.17. The molecule has 4 N–H and O–H groups in total. The van der Waals surface area contributed by atoms with Crippen molar-refractivity contribution in [3.63, 3.8) is 0 Å². The van der Waals surface area contributed by atoms with Crippen LogP contribution in [0, 0.1) is 0 Å². The van der Waals surface area contributed by atoms with E-state index in [4.69, 9.17) is 10.2 Å². The first-order valence-corrected chi connectivity index (χ1v) is 9.51. The second-order valence-electron chi connectivity index (χ2n) is 7.43. The molecule has 3 rings (SSSR count). The van der Waals surface area contributed by atoms with Crippen LogP contribution in [0.4, 0.5) is 4.79 Å². The fourth-order valence-electron chi connectivity index (χ4n) is 3.20. The van der Waals surface area contributed by atoms with Gasteiger partial charge in [-0.2, -0.15) is 0 Å². The number of aromatic amines is 1. The molecule has 1 fully saturated rings. The van der Waals surface area contributed by atoms with Gasteiger partial charge in [0.05, 0.1) is 6.04 Å². The number of fused-ring (bicyclic) bond motifs is 1. The Kier molecular flexibility index (Phi) is 7.60. The van der Waals surface area contributed by atoms with E-state index in [1.165, 1.54) is 22.0 Å². The molecule has 2 heterocycles. The monoisotopic (exact) mass is 416 g/mol. The van der Waals surface area contributed by atoms with E-state index in [2.05, 4.69) is 60.6 Å². The summed E-state index contributed by atoms with van der Waals surface area (Å²) in [6.07, 6.45) is 4.10. The van der Waals surface area contributed by atoms with E-state index in [-0.39, 0.29) is 12.1 Å². The fourth-order valence-corrected chi connectivity index (χ4v) is 3.20. The number of nitrogens with zero attached hydrogens (tertiary/aromatic N) is 2. The van der Waals surface area contributed by atoms with Crippen LogP contribution in [0.2, 0.25) is 0 Å². The van der Waals surface area contributed by atoms with Crippen molar-refractivity contribution < 1.29 is 24.6 Å². The summed E-state index contributed by atoms with van der Waals surface area (Å²) in [5, 5.41) is 19.8. The van der Waals surface area contributed by atoms with E-state index >= 15 is 0 Å². The van der Waals surface area contributed by atoms with E-state index in [0.717, 1.165) is 13.0 Å². The number of carbonyl (C=O) groups is 3. The molecule has 1 aromatic carbocycles. The quantitative estimate of drug-likeness (QED) is 0.534. The summed E-state index contributed by atoms with van der Waals surface area (Å²) in [7, 11) is 6.05. The fraction of sp³-hybridized carbons (Fsp3) is 0.381. The molecule has 0 aliphatic carbocycles. The number of carboxylic acid groups (broad SMARTS) is 2. The Hall–Kier alpha value is -3.33. The van der Waals surface area contributed by atoms with E-state index in [9.17, 15) is 14.4 Å². The van der Waals surface area contributed by atoms with Gasteiger partial charge in [0.25, 0.3) is 0 Å². The number of aliphatic carboxylic acids is 2. The average Bonchev–Trinajstić information content (AvgIpc) is 3.24. The third kappa shape index (κ3) is 5.84. The summed E-state index contributed by atoms with van der Waals surface area (Å²) < 4.78 is 0. The lowest BCUT2D eigenvalue weighted by atomic mass is 10.0. The lowest BCUT2D eigenvalue weighted by Gasteiger charge is -2.20. The molecule has 162 valence electrons. The Balaban J connectivity index is 0.000000343. The number of H-pyrrole nitrogens is 1. The van der Waals surface area contributed by atoms with Crippen LogP contribution in [-0.4, -0.2) is 76.7 Å². The number of likely N-dealkylation sites (N-methyl/N-ethyl adjacent to an activating group) is 1. The Labute approximate surface area is 175 Å². The maximum absolute atomic E-state index is 11.6. The van der Waals surface area contributed by atoms with Crippen LogP contribution in [0.3, 0.4) is 0 Å². The van der Waals surface area contributed by atoms with Crippen molar-refractivity contribution >= 4 is 28.9 Å². The average molecular weight is 416 g/mol. The molecule has 0 spiro atoms. The van der Waals surface area contributed by atoms with Crippen LogP contribution >= 0.6 is 0 Å². The van der Waals surface area contributed by atoms with E-state index in [1.807, 2.05) is 7.05 Å². The predicted octanol–water partition coefficient (Wildman–Crippen LogP) is 2.07. The highest BCUT2D eigenvalue weighted by molar-refractivity contribution is 5.89. The van der Waals surface area contributed by atoms with Crippen LogP contribution in [0.25, 0.3) is 10.9 Å². The Morgan fingerprint density at radius 2 is 1.90 bits per heavy atom. The molecule has 30 heavy (non-hydrogen) atoms.